The predicted octanol–water partition coefficient (Wildman–Crippen LogP) is 4.53. The molecule has 0 bridgehead atoms. The van der Waals surface area contributed by atoms with Crippen LogP contribution in [-0.2, 0) is 17.6 Å². The Morgan fingerprint density at radius 1 is 1.00 bits per heavy atom. The zero-order valence-electron chi connectivity index (χ0n) is 16.7. The van der Waals surface area contributed by atoms with Crippen molar-refractivity contribution in [3.63, 3.8) is 0 Å². The number of fused-ring (bicyclic) bond motifs is 5. The number of rotatable bonds is 2. The number of benzene rings is 2. The van der Waals surface area contributed by atoms with Gasteiger partial charge in [-0.1, -0.05) is 54.6 Å². The molecular formula is C26H28N2O. The highest BCUT2D eigenvalue weighted by molar-refractivity contribution is 5.92. The van der Waals surface area contributed by atoms with E-state index in [0.717, 1.165) is 19.4 Å². The molecule has 0 fully saturated rings. The SMILES string of the molecule is NCCC1CC=Cc2ccc3c(c21)CCc1ccccc1-3.O=C1C=CC=CNC1. The van der Waals surface area contributed by atoms with Crippen molar-refractivity contribution in [3.8, 4) is 11.1 Å². The van der Waals surface area contributed by atoms with Crippen molar-refractivity contribution in [1.82, 2.24) is 5.32 Å². The van der Waals surface area contributed by atoms with E-state index in [1.54, 1.807) is 35.6 Å². The monoisotopic (exact) mass is 384 g/mol. The highest BCUT2D eigenvalue weighted by atomic mass is 16.1. The quantitative estimate of drug-likeness (QED) is 0.800. The van der Waals surface area contributed by atoms with E-state index in [1.165, 1.54) is 35.1 Å². The first kappa shape index (κ1) is 19.4. The molecule has 0 radical (unpaired) electrons. The summed E-state index contributed by atoms with van der Waals surface area (Å²) in [6.45, 7) is 1.20. The number of nitrogens with two attached hydrogens (primary N) is 1. The lowest BCUT2D eigenvalue weighted by Crippen LogP contribution is -2.15. The van der Waals surface area contributed by atoms with Crippen molar-refractivity contribution < 1.29 is 4.79 Å². The Morgan fingerprint density at radius 2 is 1.90 bits per heavy atom. The number of hydrogen-bond donors (Lipinski definition) is 2. The van der Waals surface area contributed by atoms with Gasteiger partial charge in [-0.05, 0) is 89.9 Å². The van der Waals surface area contributed by atoms with Crippen LogP contribution in [0.5, 0.6) is 0 Å². The molecule has 3 aliphatic rings. The summed E-state index contributed by atoms with van der Waals surface area (Å²) in [7, 11) is 0. The Labute approximate surface area is 173 Å². The molecule has 1 heterocycles. The molecule has 0 saturated heterocycles. The minimum Gasteiger partial charge on any atom is -0.383 e. The van der Waals surface area contributed by atoms with Gasteiger partial charge >= 0.3 is 0 Å². The van der Waals surface area contributed by atoms with E-state index in [2.05, 4.69) is 53.9 Å². The predicted molar refractivity (Wildman–Crippen MR) is 121 cm³/mol. The fourth-order valence-corrected chi connectivity index (χ4v) is 4.54. The first-order valence-corrected chi connectivity index (χ1v) is 10.5. The van der Waals surface area contributed by atoms with E-state index in [-0.39, 0.29) is 5.78 Å². The summed E-state index contributed by atoms with van der Waals surface area (Å²) >= 11 is 0. The lowest BCUT2D eigenvalue weighted by atomic mass is 9.75. The number of ketones is 1. The zero-order chi connectivity index (χ0) is 20.1. The molecule has 1 aliphatic heterocycles. The molecule has 1 atom stereocenters. The molecule has 148 valence electrons. The van der Waals surface area contributed by atoms with Crippen LogP contribution in [0.4, 0.5) is 0 Å². The van der Waals surface area contributed by atoms with E-state index < -0.39 is 0 Å². The lowest BCUT2D eigenvalue weighted by Gasteiger charge is -2.29. The number of allylic oxidation sites excluding steroid dienone is 3. The number of hydrogen-bond acceptors (Lipinski definition) is 3. The van der Waals surface area contributed by atoms with Crippen LogP contribution in [0.1, 0.15) is 41.0 Å². The number of carbonyl (C=O) groups excluding carboxylic acids is 1. The Bertz CT molecular complexity index is 984. The molecule has 2 aromatic carbocycles. The minimum atomic E-state index is 0.120. The van der Waals surface area contributed by atoms with Gasteiger partial charge in [0, 0.05) is 0 Å². The molecule has 0 saturated carbocycles. The lowest BCUT2D eigenvalue weighted by molar-refractivity contribution is -0.113. The van der Waals surface area contributed by atoms with Gasteiger partial charge < -0.3 is 11.1 Å². The third kappa shape index (κ3) is 4.25. The largest absolute Gasteiger partial charge is 0.383 e. The maximum atomic E-state index is 10.5. The highest BCUT2D eigenvalue weighted by Gasteiger charge is 2.25. The van der Waals surface area contributed by atoms with Crippen LogP contribution in [-0.4, -0.2) is 18.9 Å². The number of nitrogens with one attached hydrogen (secondary N) is 1. The van der Waals surface area contributed by atoms with Gasteiger partial charge in [0.25, 0.3) is 0 Å². The van der Waals surface area contributed by atoms with Crippen LogP contribution >= 0.6 is 0 Å². The summed E-state index contributed by atoms with van der Waals surface area (Å²) < 4.78 is 0. The molecular weight excluding hydrogens is 356 g/mol. The molecule has 2 aliphatic carbocycles. The summed E-state index contributed by atoms with van der Waals surface area (Å²) in [5.74, 6) is 0.727. The first-order valence-electron chi connectivity index (χ1n) is 10.5. The molecule has 2 aromatic rings. The molecule has 29 heavy (non-hydrogen) atoms. The maximum Gasteiger partial charge on any atom is 0.174 e. The number of carbonyl (C=O) groups is 1. The second kappa shape index (κ2) is 9.06. The summed E-state index contributed by atoms with van der Waals surface area (Å²) in [6.07, 6.45) is 16.0. The van der Waals surface area contributed by atoms with Gasteiger partial charge in [-0.2, -0.15) is 0 Å². The molecule has 0 spiro atoms. The zero-order valence-corrected chi connectivity index (χ0v) is 16.7. The van der Waals surface area contributed by atoms with Crippen LogP contribution < -0.4 is 11.1 Å². The molecule has 0 aromatic heterocycles. The second-order valence-electron chi connectivity index (χ2n) is 7.73. The molecule has 0 amide bonds. The molecule has 3 N–H and O–H groups in total. The van der Waals surface area contributed by atoms with Gasteiger partial charge in [0.1, 0.15) is 0 Å². The van der Waals surface area contributed by atoms with E-state index in [4.69, 9.17) is 5.73 Å². The average Bonchev–Trinajstić information content (AvgIpc) is 3.01. The van der Waals surface area contributed by atoms with Crippen LogP contribution in [0.25, 0.3) is 17.2 Å². The summed E-state index contributed by atoms with van der Waals surface area (Å²) in [6, 6.07) is 13.5. The van der Waals surface area contributed by atoms with E-state index in [9.17, 15) is 4.79 Å². The van der Waals surface area contributed by atoms with Crippen molar-refractivity contribution in [1.29, 1.82) is 0 Å². The summed E-state index contributed by atoms with van der Waals surface area (Å²) in [5.41, 5.74) is 14.8. The van der Waals surface area contributed by atoms with Gasteiger partial charge in [0.2, 0.25) is 0 Å². The first-order chi connectivity index (χ1) is 14.3. The Kier molecular flexibility index (Phi) is 6.06. The van der Waals surface area contributed by atoms with Crippen molar-refractivity contribution in [3.05, 3.63) is 89.2 Å². The fourth-order valence-electron chi connectivity index (χ4n) is 4.54. The van der Waals surface area contributed by atoms with E-state index >= 15 is 0 Å². The second-order valence-corrected chi connectivity index (χ2v) is 7.73. The van der Waals surface area contributed by atoms with Gasteiger partial charge in [-0.15, -0.1) is 0 Å². The third-order valence-corrected chi connectivity index (χ3v) is 5.87. The average molecular weight is 385 g/mol. The van der Waals surface area contributed by atoms with Gasteiger partial charge in [0.15, 0.2) is 5.78 Å². The van der Waals surface area contributed by atoms with E-state index in [0.29, 0.717) is 12.5 Å². The van der Waals surface area contributed by atoms with E-state index in [1.807, 2.05) is 0 Å². The van der Waals surface area contributed by atoms with Gasteiger partial charge in [0.05, 0.1) is 6.54 Å². The van der Waals surface area contributed by atoms with Crippen LogP contribution in [0, 0.1) is 0 Å². The normalized spacial score (nSPS) is 18.5. The topological polar surface area (TPSA) is 55.1 Å². The standard InChI is InChI=1S/C20H21N.C6H7NO/c21-13-12-16-6-3-5-15-9-10-18-17-7-2-1-4-14(17)8-11-19(18)20(15)16;8-6-3-1-2-4-7-5-6/h1-5,7,9-10,16H,6,8,11-13,21H2;1-4,7H,5H2. The van der Waals surface area contributed by atoms with Gasteiger partial charge in [-0.25, -0.2) is 0 Å². The summed E-state index contributed by atoms with van der Waals surface area (Å²) in [5, 5.41) is 2.80. The Hall–Kier alpha value is -2.91. The van der Waals surface area contributed by atoms with Crippen LogP contribution in [0.3, 0.4) is 0 Å². The third-order valence-electron chi connectivity index (χ3n) is 5.87. The van der Waals surface area contributed by atoms with Crippen molar-refractivity contribution >= 4 is 11.9 Å². The summed E-state index contributed by atoms with van der Waals surface area (Å²) in [4.78, 5) is 10.5. The smallest absolute Gasteiger partial charge is 0.174 e. The molecule has 5 rings (SSSR count). The van der Waals surface area contributed by atoms with Gasteiger partial charge in [-0.3, -0.25) is 4.79 Å². The molecule has 3 heteroatoms. The van der Waals surface area contributed by atoms with Crippen LogP contribution in [0.15, 0.2) is 66.9 Å². The molecule has 3 nitrogen and oxygen atoms in total. The van der Waals surface area contributed by atoms with Crippen molar-refractivity contribution in [2.24, 2.45) is 5.73 Å². The molecule has 1 unspecified atom stereocenters. The van der Waals surface area contributed by atoms with Crippen molar-refractivity contribution in [2.75, 3.05) is 13.1 Å². The van der Waals surface area contributed by atoms with Crippen molar-refractivity contribution in [2.45, 2.75) is 31.6 Å². The minimum absolute atomic E-state index is 0.120. The highest BCUT2D eigenvalue weighted by Crippen LogP contribution is 2.42. The Balaban J connectivity index is 0.000000216. The fraction of sp³-hybridized carbons (Fsp3) is 0.269. The number of aryl methyl sites for hydroxylation is 1. The maximum absolute atomic E-state index is 10.5. The van der Waals surface area contributed by atoms with Crippen LogP contribution in [0.2, 0.25) is 0 Å². The Morgan fingerprint density at radius 3 is 2.79 bits per heavy atom.